The van der Waals surface area contributed by atoms with Crippen molar-refractivity contribution < 1.29 is 9.63 Å². The highest BCUT2D eigenvalue weighted by atomic mass is 16.6. The molecule has 48 valence electrons. The number of hydrogen-bond acceptors (Lipinski definition) is 2. The van der Waals surface area contributed by atoms with Gasteiger partial charge in [0, 0.05) is 6.54 Å². The Morgan fingerprint density at radius 3 is 2.75 bits per heavy atom. The van der Waals surface area contributed by atoms with E-state index in [-0.39, 0.29) is 6.03 Å². The molecule has 0 rings (SSSR count). The summed E-state index contributed by atoms with van der Waals surface area (Å²) < 4.78 is 0. The van der Waals surface area contributed by atoms with E-state index in [1.807, 2.05) is 6.92 Å². The minimum Gasteiger partial charge on any atom is -0.337 e. The average Bonchev–Trinajstić information content (AvgIpc) is 1.68. The van der Waals surface area contributed by atoms with E-state index < -0.39 is 0 Å². The molecular weight excluding hydrogens is 108 g/mol. The van der Waals surface area contributed by atoms with E-state index >= 15 is 0 Å². The maximum absolute atomic E-state index is 10.3. The standard InChI is InChI=1S/C4H10N2O2/c1-3-5-4(7)6-8-2/h3H2,1-2H3,(H2,5,6,7). The molecular formula is C4H10N2O2. The summed E-state index contributed by atoms with van der Waals surface area (Å²) in [5, 5.41) is 2.47. The van der Waals surface area contributed by atoms with Crippen LogP contribution in [0, 0.1) is 0 Å². The first-order valence-corrected chi connectivity index (χ1v) is 2.38. The van der Waals surface area contributed by atoms with Gasteiger partial charge in [-0.05, 0) is 6.92 Å². The third kappa shape index (κ3) is 3.42. The van der Waals surface area contributed by atoms with Crippen LogP contribution < -0.4 is 10.8 Å². The first-order chi connectivity index (χ1) is 3.81. The lowest BCUT2D eigenvalue weighted by molar-refractivity contribution is 0.108. The van der Waals surface area contributed by atoms with Gasteiger partial charge in [-0.2, -0.15) is 0 Å². The van der Waals surface area contributed by atoms with Crippen molar-refractivity contribution in [3.05, 3.63) is 0 Å². The second-order valence-corrected chi connectivity index (χ2v) is 1.17. The Morgan fingerprint density at radius 1 is 1.75 bits per heavy atom. The van der Waals surface area contributed by atoms with Gasteiger partial charge >= 0.3 is 6.03 Å². The molecule has 0 saturated carbocycles. The highest BCUT2D eigenvalue weighted by Crippen LogP contribution is 1.60. The highest BCUT2D eigenvalue weighted by molar-refractivity contribution is 5.72. The third-order valence-corrected chi connectivity index (χ3v) is 0.532. The van der Waals surface area contributed by atoms with Crippen LogP contribution in [0.15, 0.2) is 0 Å². The number of hydrogen-bond donors (Lipinski definition) is 2. The second-order valence-electron chi connectivity index (χ2n) is 1.17. The zero-order valence-corrected chi connectivity index (χ0v) is 5.02. The summed E-state index contributed by atoms with van der Waals surface area (Å²) in [5.74, 6) is 0. The number of urea groups is 1. The molecule has 4 heteroatoms. The topological polar surface area (TPSA) is 50.4 Å². The van der Waals surface area contributed by atoms with Crippen molar-refractivity contribution in [3.8, 4) is 0 Å². The summed E-state index contributed by atoms with van der Waals surface area (Å²) in [6.07, 6.45) is 0. The zero-order chi connectivity index (χ0) is 6.41. The molecule has 8 heavy (non-hydrogen) atoms. The molecule has 0 aliphatic rings. The minimum atomic E-state index is -0.310. The van der Waals surface area contributed by atoms with Crippen LogP contribution in [0.3, 0.4) is 0 Å². The van der Waals surface area contributed by atoms with E-state index in [4.69, 9.17) is 0 Å². The van der Waals surface area contributed by atoms with Crippen molar-refractivity contribution in [1.82, 2.24) is 10.8 Å². The van der Waals surface area contributed by atoms with Crippen molar-refractivity contribution in [2.75, 3.05) is 13.7 Å². The van der Waals surface area contributed by atoms with Crippen LogP contribution in [0.1, 0.15) is 6.92 Å². The van der Waals surface area contributed by atoms with Gasteiger partial charge in [0.15, 0.2) is 0 Å². The Hall–Kier alpha value is -0.770. The molecule has 0 aromatic carbocycles. The fraction of sp³-hybridized carbons (Fsp3) is 0.750. The smallest absolute Gasteiger partial charge is 0.337 e. The van der Waals surface area contributed by atoms with E-state index in [0.717, 1.165) is 0 Å². The fourth-order valence-corrected chi connectivity index (χ4v) is 0.289. The lowest BCUT2D eigenvalue weighted by Gasteiger charge is -1.99. The van der Waals surface area contributed by atoms with Crippen LogP contribution >= 0.6 is 0 Å². The number of rotatable bonds is 2. The van der Waals surface area contributed by atoms with Crippen LogP contribution in [0.5, 0.6) is 0 Å². The normalized spacial score (nSPS) is 8.25. The fourth-order valence-electron chi connectivity index (χ4n) is 0.289. The highest BCUT2D eigenvalue weighted by Gasteiger charge is 1.90. The first-order valence-electron chi connectivity index (χ1n) is 2.38. The third-order valence-electron chi connectivity index (χ3n) is 0.532. The van der Waals surface area contributed by atoms with Gasteiger partial charge in [0.1, 0.15) is 0 Å². The molecule has 0 atom stereocenters. The van der Waals surface area contributed by atoms with Crippen molar-refractivity contribution in [3.63, 3.8) is 0 Å². The maximum Gasteiger partial charge on any atom is 0.338 e. The number of hydroxylamine groups is 1. The summed E-state index contributed by atoms with van der Waals surface area (Å²) in [5.41, 5.74) is 2.10. The Kier molecular flexibility index (Phi) is 3.97. The molecule has 0 aromatic rings. The van der Waals surface area contributed by atoms with Crippen LogP contribution in [-0.4, -0.2) is 19.7 Å². The van der Waals surface area contributed by atoms with Crippen LogP contribution in [0.4, 0.5) is 4.79 Å². The molecule has 0 heterocycles. The predicted molar refractivity (Wildman–Crippen MR) is 29.2 cm³/mol. The van der Waals surface area contributed by atoms with Crippen molar-refractivity contribution in [1.29, 1.82) is 0 Å². The largest absolute Gasteiger partial charge is 0.338 e. The molecule has 2 amide bonds. The molecule has 0 radical (unpaired) electrons. The van der Waals surface area contributed by atoms with Crippen LogP contribution in [-0.2, 0) is 4.84 Å². The lowest BCUT2D eigenvalue weighted by atomic mass is 10.7. The summed E-state index contributed by atoms with van der Waals surface area (Å²) >= 11 is 0. The molecule has 4 nitrogen and oxygen atoms in total. The Bertz CT molecular complexity index is 66.4. The molecule has 0 aliphatic carbocycles. The Morgan fingerprint density at radius 2 is 2.38 bits per heavy atom. The Balaban J connectivity index is 3.06. The maximum atomic E-state index is 10.3. The predicted octanol–water partition coefficient (Wildman–Crippen LogP) is -0.133. The van der Waals surface area contributed by atoms with Gasteiger partial charge in [-0.3, -0.25) is 4.84 Å². The van der Waals surface area contributed by atoms with Crippen molar-refractivity contribution in [2.45, 2.75) is 6.92 Å². The Labute approximate surface area is 48.2 Å². The molecule has 0 bridgehead atoms. The summed E-state index contributed by atoms with van der Waals surface area (Å²) in [4.78, 5) is 14.6. The number of nitrogens with one attached hydrogen (secondary N) is 2. The molecule has 0 unspecified atom stereocenters. The van der Waals surface area contributed by atoms with E-state index in [1.54, 1.807) is 0 Å². The van der Waals surface area contributed by atoms with Gasteiger partial charge in [-0.1, -0.05) is 0 Å². The van der Waals surface area contributed by atoms with E-state index in [0.29, 0.717) is 6.54 Å². The summed E-state index contributed by atoms with van der Waals surface area (Å²) in [6, 6.07) is -0.310. The monoisotopic (exact) mass is 118 g/mol. The van der Waals surface area contributed by atoms with Gasteiger partial charge in [0.2, 0.25) is 0 Å². The van der Waals surface area contributed by atoms with Gasteiger partial charge in [0.25, 0.3) is 0 Å². The molecule has 0 aliphatic heterocycles. The number of carbonyl (C=O) groups is 1. The van der Waals surface area contributed by atoms with Crippen LogP contribution in [0.2, 0.25) is 0 Å². The second kappa shape index (κ2) is 4.39. The zero-order valence-electron chi connectivity index (χ0n) is 5.02. The van der Waals surface area contributed by atoms with Gasteiger partial charge < -0.3 is 5.32 Å². The molecule has 2 N–H and O–H groups in total. The summed E-state index contributed by atoms with van der Waals surface area (Å²) in [7, 11) is 1.38. The quantitative estimate of drug-likeness (QED) is 0.496. The first kappa shape index (κ1) is 7.23. The SMILES string of the molecule is CCNC(=O)NOC. The summed E-state index contributed by atoms with van der Waals surface area (Å²) in [6.45, 7) is 2.43. The lowest BCUT2D eigenvalue weighted by Crippen LogP contribution is -2.34. The molecule has 0 saturated heterocycles. The van der Waals surface area contributed by atoms with Gasteiger partial charge in [-0.15, -0.1) is 0 Å². The number of carbonyl (C=O) groups excluding carboxylic acids is 1. The molecule has 0 aromatic heterocycles. The van der Waals surface area contributed by atoms with E-state index in [9.17, 15) is 4.79 Å². The van der Waals surface area contributed by atoms with E-state index in [1.165, 1.54) is 7.11 Å². The minimum absolute atomic E-state index is 0.310. The number of amides is 2. The molecule has 0 fully saturated rings. The van der Waals surface area contributed by atoms with E-state index in [2.05, 4.69) is 15.6 Å². The average molecular weight is 118 g/mol. The van der Waals surface area contributed by atoms with Crippen molar-refractivity contribution >= 4 is 6.03 Å². The van der Waals surface area contributed by atoms with Crippen LogP contribution in [0.25, 0.3) is 0 Å². The van der Waals surface area contributed by atoms with Gasteiger partial charge in [-0.25, -0.2) is 10.3 Å². The molecule has 0 spiro atoms. The van der Waals surface area contributed by atoms with Gasteiger partial charge in [0.05, 0.1) is 7.11 Å². The van der Waals surface area contributed by atoms with Crippen molar-refractivity contribution in [2.24, 2.45) is 0 Å².